The summed E-state index contributed by atoms with van der Waals surface area (Å²) in [5, 5.41) is 4.50. The van der Waals surface area contributed by atoms with Crippen molar-refractivity contribution < 1.29 is 4.74 Å². The predicted octanol–water partition coefficient (Wildman–Crippen LogP) is 2.45. The number of rotatable bonds is 3. The van der Waals surface area contributed by atoms with Gasteiger partial charge in [-0.15, -0.1) is 0 Å². The molecule has 1 aromatic carbocycles. The zero-order valence-corrected chi connectivity index (χ0v) is 12.7. The van der Waals surface area contributed by atoms with Crippen molar-refractivity contribution in [3.8, 4) is 11.4 Å². The first-order valence-corrected chi connectivity index (χ1v) is 6.93. The molecule has 0 spiro atoms. The second-order valence-electron chi connectivity index (χ2n) is 5.03. The first-order chi connectivity index (χ1) is 10.1. The van der Waals surface area contributed by atoms with Gasteiger partial charge in [0.25, 0.3) is 0 Å². The number of hydrogen-bond donors (Lipinski definition) is 1. The fraction of sp³-hybridized carbons (Fsp3) is 0.333. The minimum absolute atomic E-state index is 0.470. The van der Waals surface area contributed by atoms with Crippen molar-refractivity contribution in [3.63, 3.8) is 0 Å². The first-order valence-electron chi connectivity index (χ1n) is 6.93. The van der Waals surface area contributed by atoms with Crippen LogP contribution in [0.15, 0.2) is 18.2 Å². The Morgan fingerprint density at radius 2 is 2.05 bits per heavy atom. The van der Waals surface area contributed by atoms with Crippen LogP contribution in [0.1, 0.15) is 18.2 Å². The van der Waals surface area contributed by atoms with Gasteiger partial charge in [0.2, 0.25) is 5.95 Å². The molecule has 2 heterocycles. The molecule has 21 heavy (non-hydrogen) atoms. The van der Waals surface area contributed by atoms with Crippen LogP contribution in [-0.2, 0) is 6.54 Å². The van der Waals surface area contributed by atoms with Crippen LogP contribution in [0.2, 0.25) is 0 Å². The van der Waals surface area contributed by atoms with Crippen LogP contribution in [0.5, 0.6) is 5.75 Å². The molecule has 0 atom stereocenters. The summed E-state index contributed by atoms with van der Waals surface area (Å²) in [5.41, 5.74) is 10.8. The quantitative estimate of drug-likeness (QED) is 0.802. The number of aryl methyl sites for hydroxylation is 3. The van der Waals surface area contributed by atoms with Crippen LogP contribution in [0.3, 0.4) is 0 Å². The zero-order chi connectivity index (χ0) is 15.1. The highest BCUT2D eigenvalue weighted by Crippen LogP contribution is 2.28. The van der Waals surface area contributed by atoms with E-state index in [-0.39, 0.29) is 0 Å². The second-order valence-corrected chi connectivity index (χ2v) is 5.03. The van der Waals surface area contributed by atoms with E-state index in [0.717, 1.165) is 40.4 Å². The molecule has 0 amide bonds. The van der Waals surface area contributed by atoms with Crippen LogP contribution < -0.4 is 10.5 Å². The van der Waals surface area contributed by atoms with E-state index in [1.165, 1.54) is 0 Å². The lowest BCUT2D eigenvalue weighted by atomic mass is 10.2. The molecular formula is C15H19N5O. The number of fused-ring (bicyclic) bond motifs is 1. The normalized spacial score (nSPS) is 11.2. The fourth-order valence-electron chi connectivity index (χ4n) is 2.66. The minimum atomic E-state index is 0.470. The molecule has 0 fully saturated rings. The Morgan fingerprint density at radius 3 is 2.67 bits per heavy atom. The van der Waals surface area contributed by atoms with Gasteiger partial charge in [-0.1, -0.05) is 0 Å². The van der Waals surface area contributed by atoms with Gasteiger partial charge in [-0.2, -0.15) is 5.10 Å². The van der Waals surface area contributed by atoms with Crippen LogP contribution in [0, 0.1) is 13.8 Å². The third kappa shape index (κ3) is 1.94. The maximum absolute atomic E-state index is 6.12. The van der Waals surface area contributed by atoms with Gasteiger partial charge in [0.15, 0.2) is 5.65 Å². The van der Waals surface area contributed by atoms with Crippen LogP contribution in [0.25, 0.3) is 16.9 Å². The van der Waals surface area contributed by atoms with Gasteiger partial charge in [0, 0.05) is 6.54 Å². The maximum atomic E-state index is 6.12. The van der Waals surface area contributed by atoms with E-state index in [2.05, 4.69) is 17.0 Å². The number of imidazole rings is 1. The molecule has 3 rings (SSSR count). The van der Waals surface area contributed by atoms with Crippen molar-refractivity contribution in [1.29, 1.82) is 0 Å². The van der Waals surface area contributed by atoms with Gasteiger partial charge in [-0.05, 0) is 44.5 Å². The summed E-state index contributed by atoms with van der Waals surface area (Å²) in [6.45, 7) is 6.78. The average molecular weight is 285 g/mol. The lowest BCUT2D eigenvalue weighted by molar-refractivity contribution is 0.411. The van der Waals surface area contributed by atoms with Crippen molar-refractivity contribution in [3.05, 3.63) is 29.5 Å². The summed E-state index contributed by atoms with van der Waals surface area (Å²) in [6.07, 6.45) is 0. The summed E-state index contributed by atoms with van der Waals surface area (Å²) in [4.78, 5) is 4.46. The van der Waals surface area contributed by atoms with E-state index < -0.39 is 0 Å². The van der Waals surface area contributed by atoms with Crippen molar-refractivity contribution in [2.45, 2.75) is 27.3 Å². The molecule has 0 unspecified atom stereocenters. The summed E-state index contributed by atoms with van der Waals surface area (Å²) in [6, 6.07) is 5.96. The van der Waals surface area contributed by atoms with E-state index >= 15 is 0 Å². The summed E-state index contributed by atoms with van der Waals surface area (Å²) in [7, 11) is 1.67. The molecule has 110 valence electrons. The smallest absolute Gasteiger partial charge is 0.207 e. The Balaban J connectivity index is 2.29. The molecule has 0 radical (unpaired) electrons. The Bertz CT molecular complexity index is 815. The average Bonchev–Trinajstić information content (AvgIpc) is 2.95. The molecule has 0 bridgehead atoms. The Kier molecular flexibility index (Phi) is 3.08. The lowest BCUT2D eigenvalue weighted by Crippen LogP contribution is -2.07. The molecule has 2 N–H and O–H groups in total. The van der Waals surface area contributed by atoms with Crippen molar-refractivity contribution in [1.82, 2.24) is 19.3 Å². The minimum Gasteiger partial charge on any atom is -0.496 e. The third-order valence-corrected chi connectivity index (χ3v) is 3.67. The topological polar surface area (TPSA) is 70.9 Å². The summed E-state index contributed by atoms with van der Waals surface area (Å²) in [5.74, 6) is 1.33. The van der Waals surface area contributed by atoms with E-state index in [9.17, 15) is 0 Å². The molecule has 0 saturated carbocycles. The number of ether oxygens (including phenoxy) is 1. The fourth-order valence-corrected chi connectivity index (χ4v) is 2.66. The number of methoxy groups -OCH3 is 1. The predicted molar refractivity (Wildman–Crippen MR) is 83.0 cm³/mol. The van der Waals surface area contributed by atoms with E-state index in [4.69, 9.17) is 10.5 Å². The lowest BCUT2D eigenvalue weighted by Gasteiger charge is -2.11. The van der Waals surface area contributed by atoms with Gasteiger partial charge < -0.3 is 10.5 Å². The number of aromatic nitrogens is 4. The number of anilines is 1. The van der Waals surface area contributed by atoms with Crippen molar-refractivity contribution >= 4 is 17.1 Å². The third-order valence-electron chi connectivity index (χ3n) is 3.67. The molecule has 2 aromatic heterocycles. The van der Waals surface area contributed by atoms with Gasteiger partial charge in [0.05, 0.1) is 18.5 Å². The maximum Gasteiger partial charge on any atom is 0.207 e. The van der Waals surface area contributed by atoms with Gasteiger partial charge in [-0.3, -0.25) is 4.57 Å². The Morgan fingerprint density at radius 1 is 1.29 bits per heavy atom. The zero-order valence-electron chi connectivity index (χ0n) is 12.7. The Labute approximate surface area is 123 Å². The molecule has 0 aliphatic rings. The second kappa shape index (κ2) is 4.80. The standard InChI is InChI=1S/C15H19N5O/c1-5-19-14-13(10(3)18-19)17-15(16)20(14)11-6-7-12(21-4)9(2)8-11/h6-8H,5H2,1-4H3,(H2,16,17). The highest BCUT2D eigenvalue weighted by atomic mass is 16.5. The van der Waals surface area contributed by atoms with E-state index in [1.807, 2.05) is 41.3 Å². The largest absolute Gasteiger partial charge is 0.496 e. The highest BCUT2D eigenvalue weighted by molar-refractivity contribution is 5.80. The number of nitrogens with zero attached hydrogens (tertiary/aromatic N) is 4. The highest BCUT2D eigenvalue weighted by Gasteiger charge is 2.18. The monoisotopic (exact) mass is 285 g/mol. The summed E-state index contributed by atoms with van der Waals surface area (Å²) < 4.78 is 9.17. The molecule has 0 aliphatic heterocycles. The van der Waals surface area contributed by atoms with Crippen LogP contribution in [0.4, 0.5) is 5.95 Å². The molecule has 0 saturated heterocycles. The molecule has 6 heteroatoms. The first kappa shape index (κ1) is 13.5. The molecular weight excluding hydrogens is 266 g/mol. The SMILES string of the molecule is CCn1nc(C)c2nc(N)n(-c3ccc(OC)c(C)c3)c21. The van der Waals surface area contributed by atoms with Gasteiger partial charge in [0.1, 0.15) is 11.3 Å². The molecule has 0 aliphatic carbocycles. The Hall–Kier alpha value is -2.50. The van der Waals surface area contributed by atoms with E-state index in [1.54, 1.807) is 7.11 Å². The van der Waals surface area contributed by atoms with Crippen molar-refractivity contribution in [2.75, 3.05) is 12.8 Å². The van der Waals surface area contributed by atoms with Gasteiger partial charge >= 0.3 is 0 Å². The number of nitrogens with two attached hydrogens (primary N) is 1. The van der Waals surface area contributed by atoms with Crippen LogP contribution >= 0.6 is 0 Å². The number of nitrogen functional groups attached to an aromatic ring is 1. The number of hydrogen-bond acceptors (Lipinski definition) is 4. The molecule has 3 aromatic rings. The van der Waals surface area contributed by atoms with Crippen LogP contribution in [-0.4, -0.2) is 26.4 Å². The molecule has 6 nitrogen and oxygen atoms in total. The van der Waals surface area contributed by atoms with E-state index in [0.29, 0.717) is 5.95 Å². The van der Waals surface area contributed by atoms with Gasteiger partial charge in [-0.25, -0.2) is 9.67 Å². The number of benzene rings is 1. The summed E-state index contributed by atoms with van der Waals surface area (Å²) >= 11 is 0. The van der Waals surface area contributed by atoms with Crippen molar-refractivity contribution in [2.24, 2.45) is 0 Å².